The molecular formula is C14H11Cl2F3N4OS. The summed E-state index contributed by atoms with van der Waals surface area (Å²) in [7, 11) is 0. The second-order valence-electron chi connectivity index (χ2n) is 5.22. The Balaban J connectivity index is 2.71. The molecule has 2 rings (SSSR count). The van der Waals surface area contributed by atoms with Crippen LogP contribution in [0, 0.1) is 11.3 Å². The zero-order valence-corrected chi connectivity index (χ0v) is 15.2. The van der Waals surface area contributed by atoms with Crippen molar-refractivity contribution in [3.8, 4) is 11.8 Å². The molecule has 25 heavy (non-hydrogen) atoms. The smallest absolute Gasteiger partial charge is 0.416 e. The number of aromatic nitrogens is 2. The van der Waals surface area contributed by atoms with Gasteiger partial charge in [0.15, 0.2) is 5.82 Å². The molecule has 0 amide bonds. The number of hydrogen-bond acceptors (Lipinski definition) is 4. The van der Waals surface area contributed by atoms with Crippen molar-refractivity contribution in [1.82, 2.24) is 9.78 Å². The van der Waals surface area contributed by atoms with Crippen molar-refractivity contribution >= 4 is 40.2 Å². The summed E-state index contributed by atoms with van der Waals surface area (Å²) in [5.74, 6) is -0.174. The highest BCUT2D eigenvalue weighted by Crippen LogP contribution is 2.39. The van der Waals surface area contributed by atoms with E-state index in [0.29, 0.717) is 12.1 Å². The Bertz CT molecular complexity index is 838. The van der Waals surface area contributed by atoms with Gasteiger partial charge in [-0.3, -0.25) is 0 Å². The van der Waals surface area contributed by atoms with Crippen LogP contribution >= 0.6 is 23.2 Å². The molecule has 5 nitrogen and oxygen atoms in total. The largest absolute Gasteiger partial charge is 0.611 e. The van der Waals surface area contributed by atoms with Gasteiger partial charge >= 0.3 is 6.18 Å². The van der Waals surface area contributed by atoms with Crippen molar-refractivity contribution in [2.45, 2.75) is 30.2 Å². The van der Waals surface area contributed by atoms with E-state index >= 15 is 0 Å². The zero-order chi connectivity index (χ0) is 19.1. The number of hydrogen-bond donors (Lipinski definition) is 1. The minimum atomic E-state index is -4.64. The second kappa shape index (κ2) is 6.96. The topological polar surface area (TPSA) is 90.7 Å². The SMILES string of the molecule is CC(C)[S+]([O-])c1c(C#N)nn(-c2c(Cl)cc(C(F)(F)F)cc2Cl)c1N. The highest BCUT2D eigenvalue weighted by Gasteiger charge is 2.34. The minimum Gasteiger partial charge on any atom is -0.611 e. The third-order valence-corrected chi connectivity index (χ3v) is 5.40. The maximum atomic E-state index is 12.8. The van der Waals surface area contributed by atoms with Gasteiger partial charge in [-0.05, 0) is 37.2 Å². The van der Waals surface area contributed by atoms with E-state index in [1.54, 1.807) is 19.9 Å². The van der Waals surface area contributed by atoms with E-state index < -0.39 is 22.9 Å². The summed E-state index contributed by atoms with van der Waals surface area (Å²) < 4.78 is 51.8. The van der Waals surface area contributed by atoms with Gasteiger partial charge in [0.25, 0.3) is 0 Å². The van der Waals surface area contributed by atoms with Gasteiger partial charge in [0.05, 0.1) is 15.6 Å². The third-order valence-electron chi connectivity index (χ3n) is 3.17. The highest BCUT2D eigenvalue weighted by atomic mass is 35.5. The van der Waals surface area contributed by atoms with E-state index in [-0.39, 0.29) is 37.4 Å². The second-order valence-corrected chi connectivity index (χ2v) is 7.98. The highest BCUT2D eigenvalue weighted by molar-refractivity contribution is 7.92. The normalized spacial score (nSPS) is 13.1. The van der Waals surface area contributed by atoms with Crippen LogP contribution < -0.4 is 5.73 Å². The first-order chi connectivity index (χ1) is 11.5. The van der Waals surface area contributed by atoms with Gasteiger partial charge in [-0.25, -0.2) is 4.68 Å². The summed E-state index contributed by atoms with van der Waals surface area (Å²) in [5, 5.41) is 12.0. The van der Waals surface area contributed by atoms with Crippen LogP contribution in [0.25, 0.3) is 5.69 Å². The van der Waals surface area contributed by atoms with E-state index in [1.165, 1.54) is 0 Å². The van der Waals surface area contributed by atoms with Crippen LogP contribution in [0.5, 0.6) is 0 Å². The van der Waals surface area contributed by atoms with Gasteiger partial charge in [-0.2, -0.15) is 18.4 Å². The Kier molecular flexibility index (Phi) is 5.49. The summed E-state index contributed by atoms with van der Waals surface area (Å²) in [4.78, 5) is -0.00969. The van der Waals surface area contributed by atoms with E-state index in [2.05, 4.69) is 5.10 Å². The Morgan fingerprint density at radius 3 is 2.24 bits per heavy atom. The van der Waals surface area contributed by atoms with Crippen molar-refractivity contribution in [3.05, 3.63) is 33.4 Å². The molecule has 0 aliphatic heterocycles. The molecule has 134 valence electrons. The molecule has 11 heteroatoms. The maximum Gasteiger partial charge on any atom is 0.416 e. The summed E-state index contributed by atoms with van der Waals surface area (Å²) in [5.41, 5.74) is 4.55. The predicted molar refractivity (Wildman–Crippen MR) is 89.3 cm³/mol. The Hall–Kier alpha value is -1.60. The average Bonchev–Trinajstić information content (AvgIpc) is 2.81. The lowest BCUT2D eigenvalue weighted by molar-refractivity contribution is -0.137. The lowest BCUT2D eigenvalue weighted by atomic mass is 10.2. The number of alkyl halides is 3. The van der Waals surface area contributed by atoms with Crippen molar-refractivity contribution in [1.29, 1.82) is 5.26 Å². The fraction of sp³-hybridized carbons (Fsp3) is 0.286. The van der Waals surface area contributed by atoms with Gasteiger partial charge in [-0.1, -0.05) is 23.2 Å². The van der Waals surface area contributed by atoms with Crippen molar-refractivity contribution in [2.24, 2.45) is 0 Å². The first-order valence-corrected chi connectivity index (χ1v) is 8.71. The van der Waals surface area contributed by atoms with Crippen LogP contribution in [0.1, 0.15) is 25.1 Å². The number of nitrogens with zero attached hydrogens (tertiary/aromatic N) is 3. The summed E-state index contributed by atoms with van der Waals surface area (Å²) in [6, 6.07) is 3.12. The van der Waals surface area contributed by atoms with E-state index in [9.17, 15) is 23.0 Å². The van der Waals surface area contributed by atoms with Crippen LogP contribution in [0.3, 0.4) is 0 Å². The lowest BCUT2D eigenvalue weighted by Gasteiger charge is -2.15. The van der Waals surface area contributed by atoms with Gasteiger partial charge in [0.2, 0.25) is 10.6 Å². The molecule has 1 heterocycles. The number of anilines is 1. The number of rotatable bonds is 3. The summed E-state index contributed by atoms with van der Waals surface area (Å²) in [6.07, 6.45) is -4.64. The van der Waals surface area contributed by atoms with Crippen molar-refractivity contribution < 1.29 is 17.7 Å². The molecule has 0 saturated heterocycles. The van der Waals surface area contributed by atoms with Crippen LogP contribution in [-0.4, -0.2) is 19.6 Å². The number of halogens is 5. The monoisotopic (exact) mass is 410 g/mol. The first-order valence-electron chi connectivity index (χ1n) is 6.74. The molecule has 1 atom stereocenters. The van der Waals surface area contributed by atoms with Gasteiger partial charge in [-0.15, -0.1) is 5.10 Å². The molecule has 2 aromatic rings. The number of nitriles is 1. The van der Waals surface area contributed by atoms with Crippen LogP contribution in [0.2, 0.25) is 10.0 Å². The summed E-state index contributed by atoms with van der Waals surface area (Å²) in [6.45, 7) is 3.32. The van der Waals surface area contributed by atoms with Gasteiger partial charge in [0.1, 0.15) is 17.0 Å². The van der Waals surface area contributed by atoms with Crippen LogP contribution in [0.15, 0.2) is 17.0 Å². The summed E-state index contributed by atoms with van der Waals surface area (Å²) >= 11 is 10.2. The molecule has 2 N–H and O–H groups in total. The molecule has 1 aromatic heterocycles. The molecule has 0 spiro atoms. The quantitative estimate of drug-likeness (QED) is 0.768. The van der Waals surface area contributed by atoms with Crippen molar-refractivity contribution in [2.75, 3.05) is 5.73 Å². The maximum absolute atomic E-state index is 12.8. The van der Waals surface area contributed by atoms with Crippen molar-refractivity contribution in [3.63, 3.8) is 0 Å². The third kappa shape index (κ3) is 3.67. The molecule has 0 bridgehead atoms. The van der Waals surface area contributed by atoms with Gasteiger partial charge < -0.3 is 10.3 Å². The fourth-order valence-corrected chi connectivity index (χ4v) is 3.71. The van der Waals surface area contributed by atoms with E-state index in [1.807, 2.05) is 0 Å². The van der Waals surface area contributed by atoms with E-state index in [4.69, 9.17) is 28.9 Å². The zero-order valence-electron chi connectivity index (χ0n) is 12.9. The lowest BCUT2D eigenvalue weighted by Crippen LogP contribution is -2.16. The van der Waals surface area contributed by atoms with E-state index in [0.717, 1.165) is 4.68 Å². The minimum absolute atomic E-state index is 0.00969. The Morgan fingerprint density at radius 2 is 1.84 bits per heavy atom. The average molecular weight is 411 g/mol. The fourth-order valence-electron chi connectivity index (χ4n) is 2.03. The molecule has 0 aliphatic carbocycles. The molecule has 0 aliphatic rings. The molecular weight excluding hydrogens is 400 g/mol. The number of nitrogen functional groups attached to an aromatic ring is 1. The molecule has 0 saturated carbocycles. The Morgan fingerprint density at radius 1 is 1.32 bits per heavy atom. The molecule has 0 radical (unpaired) electrons. The molecule has 1 unspecified atom stereocenters. The Labute approximate surface area is 154 Å². The standard InChI is InChI=1S/C14H11Cl2F3N4OS/c1-6(2)25(24)12-10(5-20)22-23(13(12)21)11-8(15)3-7(4-9(11)16)14(17,18)19/h3-4,6H,21H2,1-2H3. The van der Waals surface area contributed by atoms with Crippen LogP contribution in [-0.2, 0) is 17.4 Å². The molecule has 0 fully saturated rings. The van der Waals surface area contributed by atoms with Gasteiger partial charge in [0, 0.05) is 0 Å². The number of benzene rings is 1. The molecule has 1 aromatic carbocycles. The number of nitrogens with two attached hydrogens (primary N) is 1. The first kappa shape index (κ1) is 19.7. The van der Waals surface area contributed by atoms with Crippen LogP contribution in [0.4, 0.5) is 19.0 Å². The predicted octanol–water partition coefficient (Wildman–Crippen LogP) is 4.17.